The smallest absolute Gasteiger partial charge is 0.258 e. The highest BCUT2D eigenvalue weighted by Crippen LogP contribution is 2.19. The third kappa shape index (κ3) is 3.92. The Labute approximate surface area is 107 Å². The fourth-order valence-electron chi connectivity index (χ4n) is 1.26. The van der Waals surface area contributed by atoms with Crippen LogP contribution >= 0.6 is 0 Å². The van der Waals surface area contributed by atoms with Crippen LogP contribution in [0.25, 0.3) is 0 Å². The van der Waals surface area contributed by atoms with Gasteiger partial charge in [-0.2, -0.15) is 0 Å². The Morgan fingerprint density at radius 1 is 1.50 bits per heavy atom. The van der Waals surface area contributed by atoms with E-state index >= 15 is 0 Å². The molecule has 0 aromatic heterocycles. The number of amides is 1. The van der Waals surface area contributed by atoms with Gasteiger partial charge in [-0.1, -0.05) is 12.1 Å². The lowest BCUT2D eigenvalue weighted by atomic mass is 9.99. The maximum absolute atomic E-state index is 11.7. The zero-order chi connectivity index (χ0) is 13.8. The van der Waals surface area contributed by atoms with Gasteiger partial charge in [0, 0.05) is 0 Å². The number of carbonyl (C=O) groups is 1. The maximum atomic E-state index is 11.7. The van der Waals surface area contributed by atoms with Crippen molar-refractivity contribution in [1.82, 2.24) is 5.32 Å². The Hall–Kier alpha value is -1.75. The van der Waals surface area contributed by atoms with Crippen LogP contribution in [0.4, 0.5) is 5.69 Å². The van der Waals surface area contributed by atoms with Crippen molar-refractivity contribution in [3.8, 4) is 5.75 Å². The molecule has 1 amide bonds. The highest BCUT2D eigenvalue weighted by molar-refractivity contribution is 5.78. The van der Waals surface area contributed by atoms with E-state index in [1.165, 1.54) is 0 Å². The summed E-state index contributed by atoms with van der Waals surface area (Å²) in [5.74, 6) is 0.173. The van der Waals surface area contributed by atoms with E-state index in [4.69, 9.17) is 10.5 Å². The Bertz CT molecular complexity index is 416. The number of benzene rings is 1. The van der Waals surface area contributed by atoms with Crippen LogP contribution in [0, 0.1) is 0 Å². The molecule has 1 aromatic carbocycles. The van der Waals surface area contributed by atoms with Crippen LogP contribution in [0.3, 0.4) is 0 Å². The van der Waals surface area contributed by atoms with Crippen molar-refractivity contribution in [3.63, 3.8) is 0 Å². The van der Waals surface area contributed by atoms with Gasteiger partial charge in [0.05, 0.1) is 17.3 Å². The van der Waals surface area contributed by atoms with Gasteiger partial charge in [-0.3, -0.25) is 4.79 Å². The fourth-order valence-corrected chi connectivity index (χ4v) is 1.26. The molecule has 100 valence electrons. The van der Waals surface area contributed by atoms with E-state index in [0.29, 0.717) is 11.4 Å². The molecule has 0 aliphatic carbocycles. The molecule has 1 rings (SSSR count). The van der Waals surface area contributed by atoms with Crippen LogP contribution in [0.1, 0.15) is 20.8 Å². The van der Waals surface area contributed by atoms with Crippen molar-refractivity contribution in [1.29, 1.82) is 0 Å². The molecule has 0 spiro atoms. The minimum atomic E-state index is -0.692. The number of para-hydroxylation sites is 2. The highest BCUT2D eigenvalue weighted by Gasteiger charge is 2.26. The van der Waals surface area contributed by atoms with Crippen LogP contribution in [0.15, 0.2) is 24.3 Å². The van der Waals surface area contributed by atoms with Gasteiger partial charge in [-0.15, -0.1) is 0 Å². The molecule has 0 aliphatic rings. The van der Waals surface area contributed by atoms with Crippen molar-refractivity contribution in [2.24, 2.45) is 0 Å². The molecule has 5 heteroatoms. The van der Waals surface area contributed by atoms with Crippen LogP contribution < -0.4 is 15.8 Å². The minimum Gasteiger partial charge on any atom is -0.482 e. The fraction of sp³-hybridized carbons (Fsp3) is 0.462. The zero-order valence-electron chi connectivity index (χ0n) is 10.9. The molecule has 18 heavy (non-hydrogen) atoms. The predicted molar refractivity (Wildman–Crippen MR) is 70.3 cm³/mol. The molecule has 0 saturated carbocycles. The van der Waals surface area contributed by atoms with Crippen LogP contribution in [0.2, 0.25) is 0 Å². The summed E-state index contributed by atoms with van der Waals surface area (Å²) in [6.45, 7) is 4.97. The van der Waals surface area contributed by atoms with Gasteiger partial charge in [0.15, 0.2) is 6.61 Å². The van der Waals surface area contributed by atoms with Gasteiger partial charge in [0.2, 0.25) is 0 Å². The molecular weight excluding hydrogens is 232 g/mol. The zero-order valence-corrected chi connectivity index (χ0v) is 10.9. The summed E-state index contributed by atoms with van der Waals surface area (Å²) < 4.78 is 5.31. The average molecular weight is 252 g/mol. The summed E-state index contributed by atoms with van der Waals surface area (Å²) in [5.41, 5.74) is 5.48. The molecular formula is C13H20N2O3. The topological polar surface area (TPSA) is 84.6 Å². The van der Waals surface area contributed by atoms with Crippen molar-refractivity contribution in [2.45, 2.75) is 32.4 Å². The maximum Gasteiger partial charge on any atom is 0.258 e. The Morgan fingerprint density at radius 3 is 2.67 bits per heavy atom. The van der Waals surface area contributed by atoms with Gasteiger partial charge < -0.3 is 20.9 Å². The number of ether oxygens (including phenoxy) is 1. The van der Waals surface area contributed by atoms with E-state index < -0.39 is 11.6 Å². The molecule has 0 bridgehead atoms. The number of rotatable bonds is 5. The lowest BCUT2D eigenvalue weighted by molar-refractivity contribution is -0.126. The average Bonchev–Trinajstić information content (AvgIpc) is 2.27. The first-order chi connectivity index (χ1) is 8.33. The van der Waals surface area contributed by atoms with E-state index in [-0.39, 0.29) is 12.5 Å². The number of carbonyl (C=O) groups excluding carboxylic acids is 1. The quantitative estimate of drug-likeness (QED) is 0.680. The number of hydrogen-bond donors (Lipinski definition) is 3. The lowest BCUT2D eigenvalue weighted by Crippen LogP contribution is -2.52. The second kappa shape index (κ2) is 5.73. The van der Waals surface area contributed by atoms with Gasteiger partial charge in [-0.25, -0.2) is 0 Å². The first kappa shape index (κ1) is 14.3. The summed E-state index contributed by atoms with van der Waals surface area (Å²) >= 11 is 0. The summed E-state index contributed by atoms with van der Waals surface area (Å²) in [4.78, 5) is 11.7. The number of aliphatic hydroxyl groups is 1. The number of anilines is 1. The summed E-state index contributed by atoms with van der Waals surface area (Å²) in [6, 6.07) is 6.97. The number of nitrogens with one attached hydrogen (secondary N) is 1. The summed E-state index contributed by atoms with van der Waals surface area (Å²) in [7, 11) is 0. The lowest BCUT2D eigenvalue weighted by Gasteiger charge is -2.29. The number of nitrogens with two attached hydrogens (primary N) is 1. The third-order valence-corrected chi connectivity index (χ3v) is 2.78. The monoisotopic (exact) mass is 252 g/mol. The normalized spacial score (nSPS) is 12.9. The second-order valence-electron chi connectivity index (χ2n) is 4.77. The van der Waals surface area contributed by atoms with Crippen molar-refractivity contribution >= 4 is 11.6 Å². The number of hydrogen-bond acceptors (Lipinski definition) is 4. The molecule has 0 radical (unpaired) electrons. The minimum absolute atomic E-state index is 0.135. The molecule has 1 aromatic rings. The Morgan fingerprint density at radius 2 is 2.11 bits per heavy atom. The molecule has 1 atom stereocenters. The van der Waals surface area contributed by atoms with E-state index in [2.05, 4.69) is 5.32 Å². The first-order valence-corrected chi connectivity index (χ1v) is 5.79. The van der Waals surface area contributed by atoms with Gasteiger partial charge in [0.1, 0.15) is 5.75 Å². The number of aliphatic hydroxyl groups excluding tert-OH is 1. The third-order valence-electron chi connectivity index (χ3n) is 2.78. The molecule has 0 heterocycles. The van der Waals surface area contributed by atoms with Crippen molar-refractivity contribution in [3.05, 3.63) is 24.3 Å². The summed E-state index contributed by atoms with van der Waals surface area (Å²) in [6.07, 6.45) is -0.650. The molecule has 1 unspecified atom stereocenters. The van der Waals surface area contributed by atoms with E-state index in [1.807, 2.05) is 0 Å². The van der Waals surface area contributed by atoms with E-state index in [0.717, 1.165) is 0 Å². The largest absolute Gasteiger partial charge is 0.482 e. The Balaban J connectivity index is 2.50. The molecule has 0 fully saturated rings. The molecule has 4 N–H and O–H groups in total. The molecule has 0 saturated heterocycles. The van der Waals surface area contributed by atoms with Crippen LogP contribution in [0.5, 0.6) is 5.75 Å². The van der Waals surface area contributed by atoms with Crippen LogP contribution in [-0.4, -0.2) is 29.3 Å². The number of nitrogen functional groups attached to an aromatic ring is 1. The van der Waals surface area contributed by atoms with E-state index in [9.17, 15) is 9.90 Å². The highest BCUT2D eigenvalue weighted by atomic mass is 16.5. The first-order valence-electron chi connectivity index (χ1n) is 5.79. The predicted octanol–water partition coefficient (Wildman–Crippen LogP) is 0.923. The van der Waals surface area contributed by atoms with Gasteiger partial charge in [-0.05, 0) is 32.9 Å². The molecule has 0 aliphatic heterocycles. The van der Waals surface area contributed by atoms with Gasteiger partial charge in [0.25, 0.3) is 5.91 Å². The Kier molecular flexibility index (Phi) is 4.55. The van der Waals surface area contributed by atoms with Gasteiger partial charge >= 0.3 is 0 Å². The van der Waals surface area contributed by atoms with Crippen molar-refractivity contribution in [2.75, 3.05) is 12.3 Å². The standard InChI is InChI=1S/C13H20N2O3/c1-9(16)13(2,3)15-12(17)8-18-11-7-5-4-6-10(11)14/h4-7,9,16H,8,14H2,1-3H3,(H,15,17). The second-order valence-corrected chi connectivity index (χ2v) is 4.77. The van der Waals surface area contributed by atoms with Crippen molar-refractivity contribution < 1.29 is 14.6 Å². The van der Waals surface area contributed by atoms with Crippen LogP contribution in [-0.2, 0) is 4.79 Å². The van der Waals surface area contributed by atoms with E-state index in [1.54, 1.807) is 45.0 Å². The SMILES string of the molecule is CC(O)C(C)(C)NC(=O)COc1ccccc1N. The molecule has 5 nitrogen and oxygen atoms in total. The summed E-state index contributed by atoms with van der Waals surface area (Å²) in [5, 5.41) is 12.2.